The van der Waals surface area contributed by atoms with E-state index < -0.39 is 23.5 Å². The molecule has 2 aromatic rings. The van der Waals surface area contributed by atoms with Crippen molar-refractivity contribution in [2.24, 2.45) is 0 Å². The summed E-state index contributed by atoms with van der Waals surface area (Å²) >= 11 is 0. The molecule has 0 bridgehead atoms. The van der Waals surface area contributed by atoms with E-state index in [-0.39, 0.29) is 5.69 Å². The fourth-order valence-corrected chi connectivity index (χ4v) is 2.54. The number of rotatable bonds is 2. The third-order valence-corrected chi connectivity index (χ3v) is 3.87. The Bertz CT molecular complexity index is 734. The lowest BCUT2D eigenvalue weighted by Crippen LogP contribution is -2.50. The van der Waals surface area contributed by atoms with Gasteiger partial charge in [-0.2, -0.15) is 0 Å². The van der Waals surface area contributed by atoms with Crippen LogP contribution in [0.1, 0.15) is 0 Å². The van der Waals surface area contributed by atoms with Crippen LogP contribution < -0.4 is 10.2 Å². The van der Waals surface area contributed by atoms with Crippen LogP contribution in [0.15, 0.2) is 36.7 Å². The Morgan fingerprint density at radius 1 is 0.958 bits per heavy atom. The largest absolute Gasteiger partial charge is 0.368 e. The summed E-state index contributed by atoms with van der Waals surface area (Å²) in [7, 11) is 0. The van der Waals surface area contributed by atoms with E-state index in [2.05, 4.69) is 15.2 Å². The Morgan fingerprint density at radius 3 is 2.29 bits per heavy atom. The number of nitrogens with one attached hydrogen (secondary N) is 1. The minimum Gasteiger partial charge on any atom is -0.368 e. The third kappa shape index (κ3) is 3.27. The van der Waals surface area contributed by atoms with Gasteiger partial charge in [-0.15, -0.1) is 0 Å². The molecule has 126 valence electrons. The number of anilines is 2. The summed E-state index contributed by atoms with van der Waals surface area (Å²) in [6.07, 6.45) is 3.39. The number of hydrogen-bond acceptors (Lipinski definition) is 3. The third-order valence-electron chi connectivity index (χ3n) is 3.87. The van der Waals surface area contributed by atoms with Gasteiger partial charge in [0.15, 0.2) is 17.5 Å². The Hall–Kier alpha value is -2.77. The Kier molecular flexibility index (Phi) is 4.54. The van der Waals surface area contributed by atoms with Crippen molar-refractivity contribution < 1.29 is 18.0 Å². The van der Waals surface area contributed by atoms with Gasteiger partial charge < -0.3 is 15.1 Å². The van der Waals surface area contributed by atoms with Crippen molar-refractivity contribution in [3.8, 4) is 0 Å². The lowest BCUT2D eigenvalue weighted by Gasteiger charge is -2.36. The van der Waals surface area contributed by atoms with E-state index in [0.29, 0.717) is 26.2 Å². The van der Waals surface area contributed by atoms with Gasteiger partial charge in [-0.3, -0.25) is 4.98 Å². The normalized spacial score (nSPS) is 14.6. The molecule has 1 aliphatic heterocycles. The van der Waals surface area contributed by atoms with E-state index in [1.54, 1.807) is 12.4 Å². The Morgan fingerprint density at radius 2 is 1.62 bits per heavy atom. The molecular weight excluding hydrogens is 321 g/mol. The molecule has 2 heterocycles. The van der Waals surface area contributed by atoms with E-state index >= 15 is 0 Å². The predicted octanol–water partition coefficient (Wildman–Crippen LogP) is 2.85. The number of nitrogens with zero attached hydrogens (tertiary/aromatic N) is 3. The Balaban J connectivity index is 1.61. The molecular formula is C16H15F3N4O. The first kappa shape index (κ1) is 16.1. The fourth-order valence-electron chi connectivity index (χ4n) is 2.54. The van der Waals surface area contributed by atoms with Crippen molar-refractivity contribution in [1.82, 2.24) is 9.88 Å². The van der Waals surface area contributed by atoms with Gasteiger partial charge in [-0.05, 0) is 24.3 Å². The minimum atomic E-state index is -1.60. The maximum absolute atomic E-state index is 13.6. The summed E-state index contributed by atoms with van der Waals surface area (Å²) in [5.74, 6) is -4.30. The molecule has 0 unspecified atom stereocenters. The van der Waals surface area contributed by atoms with Gasteiger partial charge in [0.05, 0.1) is 5.69 Å². The predicted molar refractivity (Wildman–Crippen MR) is 83.4 cm³/mol. The van der Waals surface area contributed by atoms with Gasteiger partial charge in [0.25, 0.3) is 0 Å². The minimum absolute atomic E-state index is 0.379. The Labute approximate surface area is 136 Å². The highest BCUT2D eigenvalue weighted by molar-refractivity contribution is 5.89. The number of pyridine rings is 1. The molecule has 8 heteroatoms. The monoisotopic (exact) mass is 336 g/mol. The average molecular weight is 336 g/mol. The maximum atomic E-state index is 13.6. The number of amides is 2. The van der Waals surface area contributed by atoms with Crippen LogP contribution in [0, 0.1) is 17.5 Å². The molecule has 1 aromatic carbocycles. The smallest absolute Gasteiger partial charge is 0.322 e. The standard InChI is InChI=1S/C16H15F3N4O/c17-12-1-2-13(15(19)14(12)18)21-16(24)23-9-7-22(8-10-23)11-3-5-20-6-4-11/h1-6H,7-10H2,(H,21,24). The number of hydrogen-bond donors (Lipinski definition) is 1. The first-order valence-corrected chi connectivity index (χ1v) is 7.40. The van der Waals surface area contributed by atoms with Gasteiger partial charge in [-0.1, -0.05) is 0 Å². The second-order valence-electron chi connectivity index (χ2n) is 5.33. The summed E-state index contributed by atoms with van der Waals surface area (Å²) in [6.45, 7) is 2.08. The number of aromatic nitrogens is 1. The van der Waals surface area contributed by atoms with Crippen molar-refractivity contribution in [3.63, 3.8) is 0 Å². The van der Waals surface area contributed by atoms with E-state index in [1.807, 2.05) is 12.1 Å². The summed E-state index contributed by atoms with van der Waals surface area (Å²) in [5.41, 5.74) is 0.632. The van der Waals surface area contributed by atoms with Crippen molar-refractivity contribution >= 4 is 17.4 Å². The van der Waals surface area contributed by atoms with Gasteiger partial charge in [0.2, 0.25) is 0 Å². The van der Waals surface area contributed by atoms with Crippen molar-refractivity contribution in [2.75, 3.05) is 36.4 Å². The van der Waals surface area contributed by atoms with E-state index in [9.17, 15) is 18.0 Å². The number of piperazine rings is 1. The van der Waals surface area contributed by atoms with Crippen LogP contribution in [-0.4, -0.2) is 42.1 Å². The fraction of sp³-hybridized carbons (Fsp3) is 0.250. The molecule has 0 spiro atoms. The molecule has 24 heavy (non-hydrogen) atoms. The lowest BCUT2D eigenvalue weighted by atomic mass is 10.2. The molecule has 1 fully saturated rings. The molecule has 0 aliphatic carbocycles. The van der Waals surface area contributed by atoms with E-state index in [1.165, 1.54) is 4.90 Å². The van der Waals surface area contributed by atoms with Crippen LogP contribution >= 0.6 is 0 Å². The molecule has 1 aliphatic rings. The molecule has 0 radical (unpaired) electrons. The first-order valence-electron chi connectivity index (χ1n) is 7.40. The number of halogens is 3. The zero-order valence-electron chi connectivity index (χ0n) is 12.7. The zero-order chi connectivity index (χ0) is 17.1. The van der Waals surface area contributed by atoms with Crippen molar-refractivity contribution in [3.05, 3.63) is 54.1 Å². The van der Waals surface area contributed by atoms with Gasteiger partial charge in [0, 0.05) is 44.3 Å². The molecule has 5 nitrogen and oxygen atoms in total. The zero-order valence-corrected chi connectivity index (χ0v) is 12.7. The summed E-state index contributed by atoms with van der Waals surface area (Å²) in [4.78, 5) is 19.7. The average Bonchev–Trinajstić information content (AvgIpc) is 2.63. The second kappa shape index (κ2) is 6.77. The second-order valence-corrected chi connectivity index (χ2v) is 5.33. The molecule has 3 rings (SSSR count). The molecule has 1 saturated heterocycles. The maximum Gasteiger partial charge on any atom is 0.322 e. The molecule has 0 saturated carbocycles. The SMILES string of the molecule is O=C(Nc1ccc(F)c(F)c1F)N1CCN(c2ccncc2)CC1. The van der Waals surface area contributed by atoms with Crippen LogP contribution in [0.5, 0.6) is 0 Å². The van der Waals surface area contributed by atoms with Crippen LogP contribution in [-0.2, 0) is 0 Å². The van der Waals surface area contributed by atoms with Gasteiger partial charge >= 0.3 is 6.03 Å². The quantitative estimate of drug-likeness (QED) is 0.858. The summed E-state index contributed by atoms with van der Waals surface area (Å²) in [6, 6.07) is 4.99. The topological polar surface area (TPSA) is 48.5 Å². The van der Waals surface area contributed by atoms with E-state index in [4.69, 9.17) is 0 Å². The van der Waals surface area contributed by atoms with Crippen LogP contribution in [0.2, 0.25) is 0 Å². The molecule has 2 amide bonds. The van der Waals surface area contributed by atoms with Gasteiger partial charge in [-0.25, -0.2) is 18.0 Å². The van der Waals surface area contributed by atoms with Crippen molar-refractivity contribution in [2.45, 2.75) is 0 Å². The highest BCUT2D eigenvalue weighted by Gasteiger charge is 2.23. The van der Waals surface area contributed by atoms with Crippen LogP contribution in [0.25, 0.3) is 0 Å². The number of urea groups is 1. The molecule has 1 aromatic heterocycles. The summed E-state index contributed by atoms with van der Waals surface area (Å²) < 4.78 is 39.7. The number of carbonyl (C=O) groups excluding carboxylic acids is 1. The number of carbonyl (C=O) groups is 1. The lowest BCUT2D eigenvalue weighted by molar-refractivity contribution is 0.208. The molecule has 0 atom stereocenters. The van der Waals surface area contributed by atoms with Crippen molar-refractivity contribution in [1.29, 1.82) is 0 Å². The first-order chi connectivity index (χ1) is 11.6. The van der Waals surface area contributed by atoms with Gasteiger partial charge in [0.1, 0.15) is 0 Å². The van der Waals surface area contributed by atoms with Crippen LogP contribution in [0.4, 0.5) is 29.3 Å². The number of benzene rings is 1. The van der Waals surface area contributed by atoms with E-state index in [0.717, 1.165) is 17.8 Å². The van der Waals surface area contributed by atoms with Crippen LogP contribution in [0.3, 0.4) is 0 Å². The highest BCUT2D eigenvalue weighted by Crippen LogP contribution is 2.20. The summed E-state index contributed by atoms with van der Waals surface area (Å²) in [5, 5.41) is 2.28. The molecule has 1 N–H and O–H groups in total. The highest BCUT2D eigenvalue weighted by atomic mass is 19.2.